The van der Waals surface area contributed by atoms with Crippen molar-refractivity contribution in [2.45, 2.75) is 26.8 Å². The molecule has 0 saturated carbocycles. The fourth-order valence-corrected chi connectivity index (χ4v) is 2.14. The molecule has 17 heavy (non-hydrogen) atoms. The maximum Gasteiger partial charge on any atom is 0.251 e. The second kappa shape index (κ2) is 4.72. The molecule has 2 aromatic rings. The van der Waals surface area contributed by atoms with Crippen LogP contribution in [-0.4, -0.2) is 11.1 Å². The zero-order valence-corrected chi connectivity index (χ0v) is 10.4. The highest BCUT2D eigenvalue weighted by Crippen LogP contribution is 2.18. The van der Waals surface area contributed by atoms with Crippen molar-refractivity contribution in [3.8, 4) is 0 Å². The molecule has 0 radical (unpaired) electrons. The van der Waals surface area contributed by atoms with Gasteiger partial charge in [0.1, 0.15) is 0 Å². The van der Waals surface area contributed by atoms with Crippen LogP contribution >= 0.6 is 0 Å². The maximum atomic E-state index is 12.0. The van der Waals surface area contributed by atoms with Crippen molar-refractivity contribution in [1.29, 1.82) is 0 Å². The van der Waals surface area contributed by atoms with Crippen molar-refractivity contribution < 1.29 is 0 Å². The van der Waals surface area contributed by atoms with Gasteiger partial charge in [0, 0.05) is 18.0 Å². The molecule has 3 heteroatoms. The standard InChI is InChI=1S/C14H18N2O/c1-10-4-5-13-12(8-10)11(2)9-14(17)16(13)7-3-6-15/h4-5,8-9H,3,6-7,15H2,1-2H3. The Balaban J connectivity index is 2.69. The Labute approximate surface area is 101 Å². The molecule has 0 aliphatic heterocycles. The molecule has 0 aliphatic carbocycles. The second-order valence-corrected chi connectivity index (χ2v) is 4.48. The van der Waals surface area contributed by atoms with E-state index in [-0.39, 0.29) is 5.56 Å². The molecule has 1 aromatic heterocycles. The molecule has 2 rings (SSSR count). The lowest BCUT2D eigenvalue weighted by Gasteiger charge is -2.12. The summed E-state index contributed by atoms with van der Waals surface area (Å²) in [6.07, 6.45) is 0.825. The number of fused-ring (bicyclic) bond motifs is 1. The number of benzene rings is 1. The molecule has 1 heterocycles. The van der Waals surface area contributed by atoms with Crippen LogP contribution in [0.2, 0.25) is 0 Å². The van der Waals surface area contributed by atoms with Gasteiger partial charge in [-0.2, -0.15) is 0 Å². The molecule has 2 N–H and O–H groups in total. The SMILES string of the molecule is Cc1ccc2c(c1)c(C)cc(=O)n2CCCN. The fourth-order valence-electron chi connectivity index (χ4n) is 2.14. The van der Waals surface area contributed by atoms with E-state index >= 15 is 0 Å². The Morgan fingerprint density at radius 1 is 1.24 bits per heavy atom. The van der Waals surface area contributed by atoms with E-state index in [1.165, 1.54) is 5.56 Å². The van der Waals surface area contributed by atoms with E-state index in [0.717, 1.165) is 22.9 Å². The average Bonchev–Trinajstić information content (AvgIpc) is 2.29. The van der Waals surface area contributed by atoms with Crippen molar-refractivity contribution in [1.82, 2.24) is 4.57 Å². The van der Waals surface area contributed by atoms with Crippen LogP contribution in [0.15, 0.2) is 29.1 Å². The third kappa shape index (κ3) is 2.24. The number of aryl methyl sites for hydroxylation is 3. The van der Waals surface area contributed by atoms with E-state index in [1.807, 2.05) is 23.6 Å². The largest absolute Gasteiger partial charge is 0.330 e. The van der Waals surface area contributed by atoms with E-state index in [0.29, 0.717) is 13.1 Å². The van der Waals surface area contributed by atoms with Gasteiger partial charge in [-0.05, 0) is 44.5 Å². The Kier molecular flexibility index (Phi) is 3.29. The van der Waals surface area contributed by atoms with Crippen LogP contribution in [0.1, 0.15) is 17.5 Å². The number of pyridine rings is 1. The van der Waals surface area contributed by atoms with Crippen LogP contribution in [0.3, 0.4) is 0 Å². The molecule has 90 valence electrons. The molecule has 0 unspecified atom stereocenters. The highest BCUT2D eigenvalue weighted by atomic mass is 16.1. The predicted octanol–water partition coefficient (Wildman–Crippen LogP) is 1.97. The molecule has 0 spiro atoms. The normalized spacial score (nSPS) is 11.0. The molecule has 1 aromatic carbocycles. The first kappa shape index (κ1) is 11.9. The lowest BCUT2D eigenvalue weighted by molar-refractivity contribution is 0.650. The van der Waals surface area contributed by atoms with Gasteiger partial charge in [-0.15, -0.1) is 0 Å². The fraction of sp³-hybridized carbons (Fsp3) is 0.357. The minimum Gasteiger partial charge on any atom is -0.330 e. The number of hydrogen-bond acceptors (Lipinski definition) is 2. The van der Waals surface area contributed by atoms with Crippen LogP contribution in [0.25, 0.3) is 10.9 Å². The van der Waals surface area contributed by atoms with Crippen LogP contribution in [0.5, 0.6) is 0 Å². The Morgan fingerprint density at radius 3 is 2.71 bits per heavy atom. The lowest BCUT2D eigenvalue weighted by Crippen LogP contribution is -2.21. The molecule has 3 nitrogen and oxygen atoms in total. The van der Waals surface area contributed by atoms with Crippen LogP contribution in [0.4, 0.5) is 0 Å². The first-order valence-corrected chi connectivity index (χ1v) is 5.94. The van der Waals surface area contributed by atoms with E-state index in [2.05, 4.69) is 13.0 Å². The van der Waals surface area contributed by atoms with Crippen molar-refractivity contribution in [2.75, 3.05) is 6.54 Å². The zero-order chi connectivity index (χ0) is 12.4. The predicted molar refractivity (Wildman–Crippen MR) is 71.4 cm³/mol. The van der Waals surface area contributed by atoms with Gasteiger partial charge in [0.15, 0.2) is 0 Å². The van der Waals surface area contributed by atoms with E-state index in [1.54, 1.807) is 6.07 Å². The lowest BCUT2D eigenvalue weighted by atomic mass is 10.1. The summed E-state index contributed by atoms with van der Waals surface area (Å²) in [5, 5.41) is 1.15. The van der Waals surface area contributed by atoms with Gasteiger partial charge in [-0.3, -0.25) is 4.79 Å². The average molecular weight is 230 g/mol. The Morgan fingerprint density at radius 2 is 2.00 bits per heavy atom. The number of aromatic nitrogens is 1. The minimum atomic E-state index is 0.0623. The first-order chi connectivity index (χ1) is 8.13. The van der Waals surface area contributed by atoms with Crippen molar-refractivity contribution in [3.63, 3.8) is 0 Å². The quantitative estimate of drug-likeness (QED) is 0.876. The number of nitrogens with two attached hydrogens (primary N) is 1. The van der Waals surface area contributed by atoms with Gasteiger partial charge < -0.3 is 10.3 Å². The van der Waals surface area contributed by atoms with Crippen molar-refractivity contribution >= 4 is 10.9 Å². The van der Waals surface area contributed by atoms with E-state index in [9.17, 15) is 4.79 Å². The molecular weight excluding hydrogens is 212 g/mol. The molecule has 0 atom stereocenters. The zero-order valence-electron chi connectivity index (χ0n) is 10.4. The summed E-state index contributed by atoms with van der Waals surface area (Å²) in [6, 6.07) is 7.90. The van der Waals surface area contributed by atoms with Crippen LogP contribution in [0, 0.1) is 13.8 Å². The molecule has 0 saturated heterocycles. The van der Waals surface area contributed by atoms with E-state index in [4.69, 9.17) is 5.73 Å². The molecule has 0 bridgehead atoms. The molecule has 0 aliphatic rings. The summed E-state index contributed by atoms with van der Waals surface area (Å²) < 4.78 is 1.81. The highest BCUT2D eigenvalue weighted by Gasteiger charge is 2.05. The summed E-state index contributed by atoms with van der Waals surface area (Å²) >= 11 is 0. The number of nitrogens with zero attached hydrogens (tertiary/aromatic N) is 1. The van der Waals surface area contributed by atoms with Crippen LogP contribution < -0.4 is 11.3 Å². The summed E-state index contributed by atoms with van der Waals surface area (Å²) in [7, 11) is 0. The smallest absolute Gasteiger partial charge is 0.251 e. The maximum absolute atomic E-state index is 12.0. The first-order valence-electron chi connectivity index (χ1n) is 5.94. The summed E-state index contributed by atoms with van der Waals surface area (Å²) in [5.74, 6) is 0. The second-order valence-electron chi connectivity index (χ2n) is 4.48. The molecule has 0 amide bonds. The van der Waals surface area contributed by atoms with Gasteiger partial charge in [-0.1, -0.05) is 11.6 Å². The Bertz CT molecular complexity index is 599. The highest BCUT2D eigenvalue weighted by molar-refractivity contribution is 5.83. The van der Waals surface area contributed by atoms with Crippen LogP contribution in [-0.2, 0) is 6.54 Å². The number of rotatable bonds is 3. The van der Waals surface area contributed by atoms with Gasteiger partial charge in [0.25, 0.3) is 5.56 Å². The third-order valence-corrected chi connectivity index (χ3v) is 3.06. The third-order valence-electron chi connectivity index (χ3n) is 3.06. The molecular formula is C14H18N2O. The molecule has 0 fully saturated rings. The van der Waals surface area contributed by atoms with Gasteiger partial charge in [0.2, 0.25) is 0 Å². The van der Waals surface area contributed by atoms with E-state index < -0.39 is 0 Å². The van der Waals surface area contributed by atoms with Crippen molar-refractivity contribution in [3.05, 3.63) is 45.7 Å². The van der Waals surface area contributed by atoms with Gasteiger partial charge in [0.05, 0.1) is 5.52 Å². The summed E-state index contributed by atoms with van der Waals surface area (Å²) in [6.45, 7) is 5.34. The Hall–Kier alpha value is -1.61. The topological polar surface area (TPSA) is 48.0 Å². The summed E-state index contributed by atoms with van der Waals surface area (Å²) in [4.78, 5) is 12.0. The monoisotopic (exact) mass is 230 g/mol. The minimum absolute atomic E-state index is 0.0623. The summed E-state index contributed by atoms with van der Waals surface area (Å²) in [5.41, 5.74) is 8.83. The van der Waals surface area contributed by atoms with Gasteiger partial charge in [-0.25, -0.2) is 0 Å². The number of hydrogen-bond donors (Lipinski definition) is 1. The van der Waals surface area contributed by atoms with Crippen molar-refractivity contribution in [2.24, 2.45) is 5.73 Å². The van der Waals surface area contributed by atoms with Gasteiger partial charge >= 0.3 is 0 Å².